The van der Waals surface area contributed by atoms with Crippen LogP contribution in [0, 0.1) is 0 Å². The molecule has 0 fully saturated rings. The molecule has 0 amide bonds. The van der Waals surface area contributed by atoms with Gasteiger partial charge in [0.25, 0.3) is 0 Å². The van der Waals surface area contributed by atoms with Gasteiger partial charge in [0, 0.05) is 15.9 Å². The smallest absolute Gasteiger partial charge is 0.374 e. The summed E-state index contributed by atoms with van der Waals surface area (Å²) in [5.41, 5.74) is 0. The number of halogens is 1. The van der Waals surface area contributed by atoms with Crippen molar-refractivity contribution in [3.05, 3.63) is 91.0 Å². The van der Waals surface area contributed by atoms with Gasteiger partial charge in [-0.25, -0.2) is 4.79 Å². The van der Waals surface area contributed by atoms with Crippen LogP contribution < -0.4 is 15.9 Å². The zero-order valence-corrected chi connectivity index (χ0v) is 17.5. The average molecular weight is 430 g/mol. The Morgan fingerprint density at radius 2 is 1.08 bits per heavy atom. The van der Waals surface area contributed by atoms with Crippen LogP contribution in [0.5, 0.6) is 0 Å². The Balaban J connectivity index is 0.000000352. The summed E-state index contributed by atoms with van der Waals surface area (Å²) < 4.78 is 4.32. The van der Waals surface area contributed by atoms with E-state index in [4.69, 9.17) is 0 Å². The van der Waals surface area contributed by atoms with E-state index in [-0.39, 0.29) is 0 Å². The maximum Gasteiger partial charge on any atom is 0.374 e. The lowest BCUT2D eigenvalue weighted by atomic mass is 10.4. The van der Waals surface area contributed by atoms with Crippen LogP contribution in [-0.4, -0.2) is 18.2 Å². The fourth-order valence-electron chi connectivity index (χ4n) is 2.74. The van der Waals surface area contributed by atoms with Gasteiger partial charge in [-0.1, -0.05) is 54.6 Å². The maximum atomic E-state index is 9.74. The summed E-state index contributed by atoms with van der Waals surface area (Å²) in [4.78, 5) is 9.34. The van der Waals surface area contributed by atoms with Crippen LogP contribution in [-0.2, 0) is 4.74 Å². The number of carbonyl (C=O) groups is 1. The SMILES string of the molecule is CCOC(=O)Br.C[P+](c1ccccc1)(c1ccccc1)c1ccccc1. The molecule has 26 heavy (non-hydrogen) atoms. The predicted molar refractivity (Wildman–Crippen MR) is 117 cm³/mol. The maximum absolute atomic E-state index is 9.74. The first-order valence-electron chi connectivity index (χ1n) is 8.44. The van der Waals surface area contributed by atoms with Gasteiger partial charge in [-0.05, 0) is 43.3 Å². The number of ether oxygens (including phenoxy) is 1. The third-order valence-corrected chi connectivity index (χ3v) is 8.30. The van der Waals surface area contributed by atoms with Crippen molar-refractivity contribution in [3.8, 4) is 0 Å². The van der Waals surface area contributed by atoms with Gasteiger partial charge in [-0.2, -0.15) is 0 Å². The van der Waals surface area contributed by atoms with E-state index in [0.717, 1.165) is 0 Å². The largest absolute Gasteiger partial charge is 0.458 e. The summed E-state index contributed by atoms with van der Waals surface area (Å²) in [5.74, 6) is 0. The molecule has 0 saturated heterocycles. The molecule has 0 atom stereocenters. The predicted octanol–water partition coefficient (Wildman–Crippen LogP) is 5.15. The highest BCUT2D eigenvalue weighted by Gasteiger charge is 2.39. The van der Waals surface area contributed by atoms with Crippen LogP contribution in [0.1, 0.15) is 6.92 Å². The number of hydrogen-bond acceptors (Lipinski definition) is 2. The highest BCUT2D eigenvalue weighted by Crippen LogP contribution is 2.51. The molecule has 0 aromatic heterocycles. The highest BCUT2D eigenvalue weighted by molar-refractivity contribution is 9.18. The van der Waals surface area contributed by atoms with Crippen LogP contribution in [0.4, 0.5) is 4.79 Å². The second-order valence-corrected chi connectivity index (χ2v) is 9.89. The first-order chi connectivity index (χ1) is 12.6. The average Bonchev–Trinajstić information content (AvgIpc) is 2.70. The summed E-state index contributed by atoms with van der Waals surface area (Å²) in [6.45, 7) is 4.59. The molecule has 0 unspecified atom stereocenters. The van der Waals surface area contributed by atoms with E-state index >= 15 is 0 Å². The molecule has 0 aliphatic rings. The minimum atomic E-state index is -1.53. The van der Waals surface area contributed by atoms with Crippen molar-refractivity contribution in [1.29, 1.82) is 0 Å². The van der Waals surface area contributed by atoms with Gasteiger partial charge in [0.15, 0.2) is 0 Å². The molecule has 3 rings (SSSR count). The van der Waals surface area contributed by atoms with E-state index in [9.17, 15) is 4.79 Å². The summed E-state index contributed by atoms with van der Waals surface area (Å²) >= 11 is 2.57. The normalized spacial score (nSPS) is 10.4. The molecule has 0 bridgehead atoms. The summed E-state index contributed by atoms with van der Waals surface area (Å²) in [7, 11) is -1.53. The molecular formula is C22H23BrO2P+. The Morgan fingerprint density at radius 3 is 1.27 bits per heavy atom. The molecule has 0 radical (unpaired) electrons. The number of hydrogen-bond donors (Lipinski definition) is 0. The van der Waals surface area contributed by atoms with E-state index < -0.39 is 12.1 Å². The first kappa shape index (κ1) is 20.4. The minimum Gasteiger partial charge on any atom is -0.458 e. The molecule has 3 aromatic carbocycles. The number of benzene rings is 3. The number of carbonyl (C=O) groups excluding carboxylic acids is 1. The standard InChI is InChI=1S/C19H18P.C3H5BrO2/c1-20(17-11-5-2-6-12-17,18-13-7-3-8-14-18)19-15-9-4-10-16-19;1-2-6-3(4)5/h2-16H,1H3;2H2,1H3/q+1;. The molecule has 134 valence electrons. The lowest BCUT2D eigenvalue weighted by molar-refractivity contribution is 0.183. The molecular weight excluding hydrogens is 407 g/mol. The van der Waals surface area contributed by atoms with E-state index in [1.54, 1.807) is 6.92 Å². The van der Waals surface area contributed by atoms with Gasteiger partial charge >= 0.3 is 4.88 Å². The molecule has 0 spiro atoms. The topological polar surface area (TPSA) is 26.3 Å². The van der Waals surface area contributed by atoms with Crippen molar-refractivity contribution in [1.82, 2.24) is 0 Å². The van der Waals surface area contributed by atoms with Gasteiger partial charge in [-0.15, -0.1) is 0 Å². The van der Waals surface area contributed by atoms with E-state index in [1.807, 2.05) is 0 Å². The van der Waals surface area contributed by atoms with E-state index in [0.29, 0.717) is 6.61 Å². The van der Waals surface area contributed by atoms with Crippen molar-refractivity contribution in [2.45, 2.75) is 6.92 Å². The lowest BCUT2D eigenvalue weighted by Crippen LogP contribution is -2.30. The summed E-state index contributed by atoms with van der Waals surface area (Å²) in [5, 5.41) is 4.28. The van der Waals surface area contributed by atoms with Gasteiger partial charge in [-0.3, -0.25) is 0 Å². The van der Waals surface area contributed by atoms with Gasteiger partial charge in [0.05, 0.1) is 13.3 Å². The zero-order chi connectivity index (χ0) is 18.8. The van der Waals surface area contributed by atoms with Crippen molar-refractivity contribution in [2.75, 3.05) is 13.3 Å². The van der Waals surface area contributed by atoms with Crippen LogP contribution >= 0.6 is 23.2 Å². The van der Waals surface area contributed by atoms with E-state index in [1.165, 1.54) is 15.9 Å². The molecule has 4 heteroatoms. The number of rotatable bonds is 4. The molecule has 0 aliphatic carbocycles. The van der Waals surface area contributed by atoms with E-state index in [2.05, 4.69) is 118 Å². The lowest BCUT2D eigenvalue weighted by Gasteiger charge is -2.22. The van der Waals surface area contributed by atoms with Crippen molar-refractivity contribution in [2.24, 2.45) is 0 Å². The van der Waals surface area contributed by atoms with Crippen molar-refractivity contribution in [3.63, 3.8) is 0 Å². The van der Waals surface area contributed by atoms with Crippen LogP contribution in [0.3, 0.4) is 0 Å². The Labute approximate surface area is 164 Å². The quantitative estimate of drug-likeness (QED) is 0.423. The third kappa shape index (κ3) is 5.27. The first-order valence-corrected chi connectivity index (χ1v) is 11.5. The second kappa shape index (κ2) is 10.3. The fraction of sp³-hybridized carbons (Fsp3) is 0.136. The Kier molecular flexibility index (Phi) is 8.03. The molecule has 0 aliphatic heterocycles. The monoisotopic (exact) mass is 429 g/mol. The summed E-state index contributed by atoms with van der Waals surface area (Å²) in [6, 6.07) is 32.6. The van der Waals surface area contributed by atoms with Gasteiger partial charge < -0.3 is 4.74 Å². The molecule has 0 N–H and O–H groups in total. The Hall–Kier alpha value is -1.96. The second-order valence-electron chi connectivity index (χ2n) is 5.68. The van der Waals surface area contributed by atoms with Crippen LogP contribution in [0.2, 0.25) is 0 Å². The third-order valence-electron chi connectivity index (χ3n) is 4.08. The highest BCUT2D eigenvalue weighted by atomic mass is 79.9. The van der Waals surface area contributed by atoms with Crippen LogP contribution in [0.15, 0.2) is 91.0 Å². The van der Waals surface area contributed by atoms with Crippen molar-refractivity contribution < 1.29 is 9.53 Å². The summed E-state index contributed by atoms with van der Waals surface area (Å²) in [6.07, 6.45) is 0. The Bertz CT molecular complexity index is 695. The molecule has 3 aromatic rings. The molecule has 0 heterocycles. The van der Waals surface area contributed by atoms with Crippen LogP contribution in [0.25, 0.3) is 0 Å². The Morgan fingerprint density at radius 1 is 0.769 bits per heavy atom. The molecule has 0 saturated carbocycles. The van der Waals surface area contributed by atoms with Gasteiger partial charge in [0.2, 0.25) is 0 Å². The fourth-order valence-corrected chi connectivity index (χ4v) is 6.17. The zero-order valence-electron chi connectivity index (χ0n) is 15.0. The minimum absolute atomic E-state index is 0.398. The molecule has 2 nitrogen and oxygen atoms in total. The van der Waals surface area contributed by atoms with Gasteiger partial charge in [0.1, 0.15) is 23.2 Å². The van der Waals surface area contributed by atoms with Crippen molar-refractivity contribution >= 4 is 44.0 Å².